The summed E-state index contributed by atoms with van der Waals surface area (Å²) in [6.07, 6.45) is 5.54. The van der Waals surface area contributed by atoms with Gasteiger partial charge in [-0.15, -0.1) is 12.4 Å². The van der Waals surface area contributed by atoms with Crippen molar-refractivity contribution in [3.63, 3.8) is 0 Å². The van der Waals surface area contributed by atoms with E-state index in [0.717, 1.165) is 31.9 Å². The fraction of sp³-hybridized carbons (Fsp3) is 0.647. The highest BCUT2D eigenvalue weighted by molar-refractivity contribution is 5.85. The summed E-state index contributed by atoms with van der Waals surface area (Å²) >= 11 is 0. The van der Waals surface area contributed by atoms with E-state index in [4.69, 9.17) is 4.74 Å². The van der Waals surface area contributed by atoms with Crippen molar-refractivity contribution in [2.24, 2.45) is 0 Å². The lowest BCUT2D eigenvalue weighted by molar-refractivity contribution is 0.197. The van der Waals surface area contributed by atoms with Crippen LogP contribution in [0.15, 0.2) is 24.3 Å². The highest BCUT2D eigenvalue weighted by atomic mass is 35.5. The number of benzene rings is 1. The second-order valence-corrected chi connectivity index (χ2v) is 6.26. The fourth-order valence-corrected chi connectivity index (χ4v) is 3.33. The molecule has 21 heavy (non-hydrogen) atoms. The fourth-order valence-electron chi connectivity index (χ4n) is 3.33. The van der Waals surface area contributed by atoms with E-state index >= 15 is 0 Å². The van der Waals surface area contributed by atoms with Gasteiger partial charge in [-0.3, -0.25) is 4.90 Å². The lowest BCUT2D eigenvalue weighted by Gasteiger charge is -2.31. The van der Waals surface area contributed by atoms with E-state index in [1.165, 1.54) is 31.2 Å². The number of hydrogen-bond donors (Lipinski definition) is 1. The van der Waals surface area contributed by atoms with Crippen molar-refractivity contribution in [3.05, 3.63) is 29.8 Å². The topological polar surface area (TPSA) is 24.5 Å². The molecule has 0 bridgehead atoms. The number of nitrogens with zero attached hydrogens (tertiary/aromatic N) is 1. The molecule has 1 aliphatic heterocycles. The molecule has 1 saturated carbocycles. The summed E-state index contributed by atoms with van der Waals surface area (Å²) in [5, 5.41) is 3.49. The summed E-state index contributed by atoms with van der Waals surface area (Å²) in [5.74, 6) is 1.05. The summed E-state index contributed by atoms with van der Waals surface area (Å²) in [5.41, 5.74) is 1.37. The van der Waals surface area contributed by atoms with Gasteiger partial charge in [0.25, 0.3) is 0 Å². The van der Waals surface area contributed by atoms with Crippen molar-refractivity contribution >= 4 is 12.4 Å². The maximum atomic E-state index is 6.10. The Morgan fingerprint density at radius 3 is 2.86 bits per heavy atom. The first kappa shape index (κ1) is 16.6. The normalized spacial score (nSPS) is 23.8. The molecule has 4 heteroatoms. The van der Waals surface area contributed by atoms with Gasteiger partial charge in [-0.1, -0.05) is 12.1 Å². The zero-order valence-electron chi connectivity index (χ0n) is 12.9. The molecule has 1 saturated heterocycles. The minimum atomic E-state index is 0. The molecular formula is C17H27ClN2O. The molecule has 1 aromatic rings. The van der Waals surface area contributed by atoms with Gasteiger partial charge in [0.05, 0.1) is 6.10 Å². The second-order valence-electron chi connectivity index (χ2n) is 6.26. The zero-order valence-corrected chi connectivity index (χ0v) is 13.7. The lowest BCUT2D eigenvalue weighted by atomic mass is 10.1. The lowest BCUT2D eigenvalue weighted by Crippen LogP contribution is -2.48. The molecule has 3 rings (SSSR count). The standard InChI is InChI=1S/C17H26N2O.ClH/c1-14-12-19(10-9-18-14)13-15-5-4-8-17(11-15)20-16-6-2-3-7-16;/h4-5,8,11,14,16,18H,2-3,6-7,9-10,12-13H2,1H3;1H/t14-;/m0./s1. The number of nitrogens with one attached hydrogen (secondary N) is 1. The zero-order chi connectivity index (χ0) is 13.8. The third-order valence-electron chi connectivity index (χ3n) is 4.36. The summed E-state index contributed by atoms with van der Waals surface area (Å²) in [7, 11) is 0. The Hall–Kier alpha value is -0.770. The molecule has 1 heterocycles. The summed E-state index contributed by atoms with van der Waals surface area (Å²) < 4.78 is 6.10. The van der Waals surface area contributed by atoms with Crippen LogP contribution in [-0.2, 0) is 6.54 Å². The van der Waals surface area contributed by atoms with E-state index in [2.05, 4.69) is 41.4 Å². The number of ether oxygens (including phenoxy) is 1. The molecule has 0 radical (unpaired) electrons. The molecule has 0 aromatic heterocycles. The van der Waals surface area contributed by atoms with Crippen LogP contribution in [0.1, 0.15) is 38.2 Å². The van der Waals surface area contributed by atoms with Crippen LogP contribution in [0.2, 0.25) is 0 Å². The molecule has 1 N–H and O–H groups in total. The van der Waals surface area contributed by atoms with Crippen LogP contribution in [0.5, 0.6) is 5.75 Å². The predicted molar refractivity (Wildman–Crippen MR) is 89.3 cm³/mol. The Kier molecular flexibility index (Phi) is 6.34. The molecule has 1 aliphatic carbocycles. The van der Waals surface area contributed by atoms with E-state index in [0.29, 0.717) is 12.1 Å². The van der Waals surface area contributed by atoms with Crippen molar-refractivity contribution in [2.45, 2.75) is 51.3 Å². The van der Waals surface area contributed by atoms with Gasteiger partial charge in [0.2, 0.25) is 0 Å². The van der Waals surface area contributed by atoms with Crippen molar-refractivity contribution < 1.29 is 4.74 Å². The highest BCUT2D eigenvalue weighted by Gasteiger charge is 2.18. The smallest absolute Gasteiger partial charge is 0.120 e. The van der Waals surface area contributed by atoms with E-state index in [9.17, 15) is 0 Å². The Bertz CT molecular complexity index is 435. The van der Waals surface area contributed by atoms with Gasteiger partial charge in [-0.05, 0) is 50.3 Å². The molecule has 1 aromatic carbocycles. The molecule has 2 aliphatic rings. The van der Waals surface area contributed by atoms with Gasteiger partial charge < -0.3 is 10.1 Å². The summed E-state index contributed by atoms with van der Waals surface area (Å²) in [6, 6.07) is 9.27. The average molecular weight is 311 g/mol. The Balaban J connectivity index is 0.00000161. The third-order valence-corrected chi connectivity index (χ3v) is 4.36. The molecule has 3 nitrogen and oxygen atoms in total. The Morgan fingerprint density at radius 1 is 1.29 bits per heavy atom. The van der Waals surface area contributed by atoms with Gasteiger partial charge in [-0.2, -0.15) is 0 Å². The number of hydrogen-bond acceptors (Lipinski definition) is 3. The van der Waals surface area contributed by atoms with Crippen LogP contribution in [0.4, 0.5) is 0 Å². The first-order valence-corrected chi connectivity index (χ1v) is 8.01. The summed E-state index contributed by atoms with van der Waals surface area (Å²) in [6.45, 7) is 6.66. The third kappa shape index (κ3) is 4.87. The van der Waals surface area contributed by atoms with Crippen LogP contribution < -0.4 is 10.1 Å². The van der Waals surface area contributed by atoms with Crippen molar-refractivity contribution in [1.29, 1.82) is 0 Å². The molecular weight excluding hydrogens is 284 g/mol. The van der Waals surface area contributed by atoms with Gasteiger partial charge in [-0.25, -0.2) is 0 Å². The van der Waals surface area contributed by atoms with Crippen molar-refractivity contribution in [3.8, 4) is 5.75 Å². The molecule has 0 unspecified atom stereocenters. The van der Waals surface area contributed by atoms with E-state index < -0.39 is 0 Å². The van der Waals surface area contributed by atoms with E-state index in [-0.39, 0.29) is 12.4 Å². The van der Waals surface area contributed by atoms with Gasteiger partial charge >= 0.3 is 0 Å². The second kappa shape index (κ2) is 8.02. The molecule has 1 atom stereocenters. The summed E-state index contributed by atoms with van der Waals surface area (Å²) in [4.78, 5) is 2.52. The SMILES string of the molecule is C[C@H]1CN(Cc2cccc(OC3CCCC3)c2)CCN1.Cl. The first-order valence-electron chi connectivity index (χ1n) is 8.01. The van der Waals surface area contributed by atoms with Gasteiger partial charge in [0.15, 0.2) is 0 Å². The molecule has 118 valence electrons. The monoisotopic (exact) mass is 310 g/mol. The van der Waals surface area contributed by atoms with Gasteiger partial charge in [0, 0.05) is 32.2 Å². The maximum Gasteiger partial charge on any atom is 0.120 e. The number of piperazine rings is 1. The Labute approximate surface area is 134 Å². The van der Waals surface area contributed by atoms with E-state index in [1.807, 2.05) is 0 Å². The average Bonchev–Trinajstić information content (AvgIpc) is 2.92. The highest BCUT2D eigenvalue weighted by Crippen LogP contribution is 2.25. The molecule has 2 fully saturated rings. The predicted octanol–water partition coefficient (Wildman–Crippen LogP) is 3.22. The van der Waals surface area contributed by atoms with E-state index in [1.54, 1.807) is 0 Å². The number of rotatable bonds is 4. The Morgan fingerprint density at radius 2 is 2.10 bits per heavy atom. The minimum Gasteiger partial charge on any atom is -0.490 e. The quantitative estimate of drug-likeness (QED) is 0.924. The van der Waals surface area contributed by atoms with Crippen molar-refractivity contribution in [1.82, 2.24) is 10.2 Å². The minimum absolute atomic E-state index is 0. The van der Waals surface area contributed by atoms with Crippen LogP contribution in [0, 0.1) is 0 Å². The van der Waals surface area contributed by atoms with Crippen LogP contribution in [-0.4, -0.2) is 36.7 Å². The molecule has 0 spiro atoms. The van der Waals surface area contributed by atoms with Gasteiger partial charge in [0.1, 0.15) is 5.75 Å². The maximum absolute atomic E-state index is 6.10. The number of halogens is 1. The largest absolute Gasteiger partial charge is 0.490 e. The van der Waals surface area contributed by atoms with Crippen LogP contribution in [0.25, 0.3) is 0 Å². The molecule has 0 amide bonds. The van der Waals surface area contributed by atoms with Crippen molar-refractivity contribution in [2.75, 3.05) is 19.6 Å². The van der Waals surface area contributed by atoms with Crippen LogP contribution >= 0.6 is 12.4 Å². The van der Waals surface area contributed by atoms with Crippen LogP contribution in [0.3, 0.4) is 0 Å². The first-order chi connectivity index (χ1) is 9.79.